The number of rotatable bonds is 7. The van der Waals surface area contributed by atoms with Gasteiger partial charge >= 0.3 is 6.09 Å². The van der Waals surface area contributed by atoms with Crippen LogP contribution in [0.2, 0.25) is 0 Å². The highest BCUT2D eigenvalue weighted by Crippen LogP contribution is 2.21. The zero-order valence-corrected chi connectivity index (χ0v) is 12.6. The summed E-state index contributed by atoms with van der Waals surface area (Å²) in [6.45, 7) is 1.11. The fraction of sp³-hybridized carbons (Fsp3) is 0.278. The second-order valence-corrected chi connectivity index (χ2v) is 5.55. The van der Waals surface area contributed by atoms with Gasteiger partial charge in [-0.1, -0.05) is 42.5 Å². The van der Waals surface area contributed by atoms with Gasteiger partial charge in [-0.3, -0.25) is 0 Å². The Balaban J connectivity index is 1.61. The molecule has 0 aliphatic carbocycles. The number of amides is 1. The fourth-order valence-electron chi connectivity index (χ4n) is 2.48. The highest BCUT2D eigenvalue weighted by Gasteiger charge is 2.33. The fourth-order valence-corrected chi connectivity index (χ4v) is 2.48. The van der Waals surface area contributed by atoms with Crippen molar-refractivity contribution in [2.75, 3.05) is 6.61 Å². The monoisotopic (exact) mass is 313 g/mol. The molecule has 0 saturated carbocycles. The summed E-state index contributed by atoms with van der Waals surface area (Å²) in [7, 11) is 0. The highest BCUT2D eigenvalue weighted by atomic mass is 16.6. The van der Waals surface area contributed by atoms with E-state index in [2.05, 4.69) is 5.32 Å². The molecule has 0 aromatic heterocycles. The van der Waals surface area contributed by atoms with Crippen molar-refractivity contribution in [3.8, 4) is 5.75 Å². The predicted octanol–water partition coefficient (Wildman–Crippen LogP) is 2.84. The minimum atomic E-state index is -1.03. The molecular weight excluding hydrogens is 294 g/mol. The summed E-state index contributed by atoms with van der Waals surface area (Å²) in [5.74, 6) is 0.775. The third kappa shape index (κ3) is 4.72. The van der Waals surface area contributed by atoms with Crippen molar-refractivity contribution in [1.29, 1.82) is 0 Å². The highest BCUT2D eigenvalue weighted by molar-refractivity contribution is 5.65. The lowest BCUT2D eigenvalue weighted by Crippen LogP contribution is -2.39. The number of carbonyl (C=O) groups is 1. The number of benzene rings is 2. The molecule has 2 N–H and O–H groups in total. The van der Waals surface area contributed by atoms with E-state index >= 15 is 0 Å². The van der Waals surface area contributed by atoms with Crippen molar-refractivity contribution in [2.24, 2.45) is 0 Å². The molecule has 1 fully saturated rings. The van der Waals surface area contributed by atoms with Gasteiger partial charge in [0.15, 0.2) is 0 Å². The van der Waals surface area contributed by atoms with Gasteiger partial charge in [0.2, 0.25) is 0 Å². The maximum Gasteiger partial charge on any atom is 0.404 e. The molecule has 1 amide bonds. The molecule has 2 aromatic rings. The van der Waals surface area contributed by atoms with E-state index in [9.17, 15) is 4.79 Å². The van der Waals surface area contributed by atoms with Crippen LogP contribution >= 0.6 is 0 Å². The van der Waals surface area contributed by atoms with Crippen molar-refractivity contribution in [1.82, 2.24) is 5.32 Å². The van der Waals surface area contributed by atoms with Gasteiger partial charge in [-0.15, -0.1) is 0 Å². The summed E-state index contributed by atoms with van der Waals surface area (Å²) in [5, 5.41) is 11.4. The van der Waals surface area contributed by atoms with E-state index in [1.807, 2.05) is 54.6 Å². The number of ether oxygens (including phenoxy) is 2. The first-order valence-corrected chi connectivity index (χ1v) is 7.57. The Morgan fingerprint density at radius 1 is 1.22 bits per heavy atom. The molecular formula is C18H19NO4. The average Bonchev–Trinajstić information content (AvgIpc) is 3.38. The lowest BCUT2D eigenvalue weighted by molar-refractivity contribution is 0.186. The molecule has 2 aromatic carbocycles. The first-order chi connectivity index (χ1) is 11.2. The van der Waals surface area contributed by atoms with Crippen LogP contribution < -0.4 is 10.1 Å². The Kier molecular flexibility index (Phi) is 4.78. The van der Waals surface area contributed by atoms with Gasteiger partial charge in [0.25, 0.3) is 0 Å². The van der Waals surface area contributed by atoms with E-state index in [1.165, 1.54) is 0 Å². The summed E-state index contributed by atoms with van der Waals surface area (Å²) in [5.41, 5.74) is 2.12. The van der Waals surface area contributed by atoms with Crippen LogP contribution in [-0.2, 0) is 17.8 Å². The Morgan fingerprint density at radius 2 is 1.96 bits per heavy atom. The van der Waals surface area contributed by atoms with Gasteiger partial charge in [0.1, 0.15) is 18.5 Å². The quantitative estimate of drug-likeness (QED) is 0.771. The molecule has 3 rings (SSSR count). The van der Waals surface area contributed by atoms with Crippen LogP contribution in [0.25, 0.3) is 0 Å². The second kappa shape index (κ2) is 7.15. The second-order valence-electron chi connectivity index (χ2n) is 5.55. The van der Waals surface area contributed by atoms with Crippen LogP contribution in [0.3, 0.4) is 0 Å². The summed E-state index contributed by atoms with van der Waals surface area (Å²) in [6.07, 6.45) is -0.471. The zero-order valence-electron chi connectivity index (χ0n) is 12.6. The van der Waals surface area contributed by atoms with Gasteiger partial charge in [0, 0.05) is 0 Å². The van der Waals surface area contributed by atoms with Crippen LogP contribution in [0.4, 0.5) is 4.79 Å². The molecule has 0 bridgehead atoms. The summed E-state index contributed by atoms with van der Waals surface area (Å²) in [4.78, 5) is 10.9. The number of epoxide rings is 1. The molecule has 1 saturated heterocycles. The lowest BCUT2D eigenvalue weighted by atomic mass is 10.0. The van der Waals surface area contributed by atoms with E-state index in [-0.39, 0.29) is 12.1 Å². The third-order valence-electron chi connectivity index (χ3n) is 3.72. The normalized spacial score (nSPS) is 17.3. The van der Waals surface area contributed by atoms with Gasteiger partial charge in [0.05, 0.1) is 12.6 Å². The molecule has 23 heavy (non-hydrogen) atoms. The molecule has 2 atom stereocenters. The first-order valence-electron chi connectivity index (χ1n) is 7.57. The maximum absolute atomic E-state index is 10.9. The van der Waals surface area contributed by atoms with E-state index < -0.39 is 6.09 Å². The first kappa shape index (κ1) is 15.4. The summed E-state index contributed by atoms with van der Waals surface area (Å²) >= 11 is 0. The van der Waals surface area contributed by atoms with Crippen molar-refractivity contribution in [2.45, 2.75) is 25.2 Å². The number of carboxylic acid groups (broad SMARTS) is 1. The van der Waals surface area contributed by atoms with Crippen molar-refractivity contribution in [3.05, 3.63) is 65.7 Å². The van der Waals surface area contributed by atoms with Gasteiger partial charge in [-0.25, -0.2) is 4.79 Å². The van der Waals surface area contributed by atoms with Crippen LogP contribution in [0, 0.1) is 0 Å². The van der Waals surface area contributed by atoms with Gasteiger partial charge in [-0.2, -0.15) is 0 Å². The maximum atomic E-state index is 10.9. The molecule has 5 nitrogen and oxygen atoms in total. The van der Waals surface area contributed by atoms with Crippen LogP contribution in [-0.4, -0.2) is 30.0 Å². The average molecular weight is 313 g/mol. The predicted molar refractivity (Wildman–Crippen MR) is 85.6 cm³/mol. The Labute approximate surface area is 134 Å². The molecule has 1 aliphatic rings. The largest absolute Gasteiger partial charge is 0.489 e. The van der Waals surface area contributed by atoms with Crippen LogP contribution in [0.1, 0.15) is 11.1 Å². The number of hydrogen-bond donors (Lipinski definition) is 2. The molecule has 0 spiro atoms. The lowest BCUT2D eigenvalue weighted by Gasteiger charge is -2.15. The van der Waals surface area contributed by atoms with E-state index in [1.54, 1.807) is 0 Å². The standard InChI is InChI=1S/C18H19NO4/c20-18(21)19-16(17-12-23-17)10-14-7-4-8-15(9-14)22-11-13-5-2-1-3-6-13/h1-9,16-17,19H,10-12H2,(H,20,21)/t16?,17-/m1/s1. The molecule has 1 unspecified atom stereocenters. The Morgan fingerprint density at radius 3 is 2.65 bits per heavy atom. The van der Waals surface area contributed by atoms with E-state index in [4.69, 9.17) is 14.6 Å². The zero-order chi connectivity index (χ0) is 16.1. The van der Waals surface area contributed by atoms with E-state index in [0.29, 0.717) is 19.6 Å². The SMILES string of the molecule is O=C(O)NC(Cc1cccc(OCc2ccccc2)c1)[C@H]1CO1. The van der Waals surface area contributed by atoms with Crippen molar-refractivity contribution < 1.29 is 19.4 Å². The third-order valence-corrected chi connectivity index (χ3v) is 3.72. The van der Waals surface area contributed by atoms with Gasteiger partial charge < -0.3 is 19.9 Å². The minimum absolute atomic E-state index is 0.0278. The van der Waals surface area contributed by atoms with Crippen LogP contribution in [0.15, 0.2) is 54.6 Å². The Hall–Kier alpha value is -2.53. The topological polar surface area (TPSA) is 71.1 Å². The Bertz CT molecular complexity index is 655. The molecule has 1 heterocycles. The molecule has 5 heteroatoms. The summed E-state index contributed by atoms with van der Waals surface area (Å²) < 4.78 is 11.0. The summed E-state index contributed by atoms with van der Waals surface area (Å²) in [6, 6.07) is 17.5. The molecule has 1 aliphatic heterocycles. The molecule has 0 radical (unpaired) electrons. The van der Waals surface area contributed by atoms with Crippen LogP contribution in [0.5, 0.6) is 5.75 Å². The van der Waals surface area contributed by atoms with Gasteiger partial charge in [-0.05, 0) is 29.7 Å². The minimum Gasteiger partial charge on any atom is -0.489 e. The number of nitrogens with one attached hydrogen (secondary N) is 1. The number of hydrogen-bond acceptors (Lipinski definition) is 3. The molecule has 120 valence electrons. The smallest absolute Gasteiger partial charge is 0.404 e. The van der Waals surface area contributed by atoms with E-state index in [0.717, 1.165) is 16.9 Å². The van der Waals surface area contributed by atoms with Crippen molar-refractivity contribution in [3.63, 3.8) is 0 Å². The van der Waals surface area contributed by atoms with Crippen molar-refractivity contribution >= 4 is 6.09 Å².